The number of methoxy groups -OCH3 is 1. The van der Waals surface area contributed by atoms with Crippen LogP contribution in [0, 0.1) is 6.92 Å². The molecule has 0 aliphatic carbocycles. The third kappa shape index (κ3) is 5.26. The standard InChI is InChI=1S/C21H27ClN2O3S/c1-15-12-16(4-5-18(15)22)27-14-19-17-7-11-28-20(17)6-9-24(19)21(25)13-23-8-3-10-26-2/h4-5,7,11-12,19,23H,3,6,8-10,13-14H2,1-2H3. The molecule has 28 heavy (non-hydrogen) atoms. The molecule has 0 radical (unpaired) electrons. The highest BCUT2D eigenvalue weighted by Gasteiger charge is 2.31. The van der Waals surface area contributed by atoms with Crippen LogP contribution in [0.2, 0.25) is 5.02 Å². The molecular formula is C21H27ClN2O3S. The largest absolute Gasteiger partial charge is 0.491 e. The first-order chi connectivity index (χ1) is 13.6. The summed E-state index contributed by atoms with van der Waals surface area (Å²) in [6.45, 7) is 4.90. The maximum atomic E-state index is 12.8. The van der Waals surface area contributed by atoms with Gasteiger partial charge in [-0.3, -0.25) is 4.79 Å². The Kier molecular flexibility index (Phi) is 7.73. The molecule has 5 nitrogen and oxygen atoms in total. The summed E-state index contributed by atoms with van der Waals surface area (Å²) in [5.74, 6) is 0.879. The Balaban J connectivity index is 1.65. The molecule has 7 heteroatoms. The fourth-order valence-corrected chi connectivity index (χ4v) is 4.44. The average molecular weight is 423 g/mol. The van der Waals surface area contributed by atoms with Gasteiger partial charge in [-0.1, -0.05) is 11.6 Å². The molecule has 1 aromatic carbocycles. The number of hydrogen-bond donors (Lipinski definition) is 1. The normalized spacial score (nSPS) is 16.1. The summed E-state index contributed by atoms with van der Waals surface area (Å²) in [6, 6.07) is 7.70. The molecule has 0 bridgehead atoms. The number of rotatable bonds is 9. The minimum Gasteiger partial charge on any atom is -0.491 e. The van der Waals surface area contributed by atoms with Gasteiger partial charge in [-0.15, -0.1) is 11.3 Å². The van der Waals surface area contributed by atoms with E-state index in [1.165, 1.54) is 10.4 Å². The van der Waals surface area contributed by atoms with Crippen molar-refractivity contribution >= 4 is 28.8 Å². The molecular weight excluding hydrogens is 396 g/mol. The van der Waals surface area contributed by atoms with Crippen LogP contribution < -0.4 is 10.1 Å². The Labute approximate surface area is 175 Å². The second-order valence-corrected chi connectivity index (χ2v) is 8.31. The van der Waals surface area contributed by atoms with Crippen molar-refractivity contribution in [2.24, 2.45) is 0 Å². The zero-order valence-electron chi connectivity index (χ0n) is 16.4. The van der Waals surface area contributed by atoms with Gasteiger partial charge in [0.25, 0.3) is 0 Å². The average Bonchev–Trinajstić information content (AvgIpc) is 3.17. The monoisotopic (exact) mass is 422 g/mol. The molecule has 1 aliphatic rings. The Morgan fingerprint density at radius 2 is 2.25 bits per heavy atom. The fraction of sp³-hybridized carbons (Fsp3) is 0.476. The third-order valence-electron chi connectivity index (χ3n) is 4.93. The van der Waals surface area contributed by atoms with Crippen LogP contribution >= 0.6 is 22.9 Å². The van der Waals surface area contributed by atoms with Crippen molar-refractivity contribution in [1.82, 2.24) is 10.2 Å². The van der Waals surface area contributed by atoms with Gasteiger partial charge in [-0.25, -0.2) is 0 Å². The van der Waals surface area contributed by atoms with E-state index in [9.17, 15) is 4.79 Å². The van der Waals surface area contributed by atoms with Crippen molar-refractivity contribution in [2.75, 3.05) is 40.0 Å². The summed E-state index contributed by atoms with van der Waals surface area (Å²) < 4.78 is 11.1. The second kappa shape index (κ2) is 10.3. The van der Waals surface area contributed by atoms with Gasteiger partial charge in [0.2, 0.25) is 5.91 Å². The summed E-state index contributed by atoms with van der Waals surface area (Å²) in [6.07, 6.45) is 1.79. The summed E-state index contributed by atoms with van der Waals surface area (Å²) in [5, 5.41) is 6.04. The zero-order chi connectivity index (χ0) is 19.9. The first-order valence-corrected chi connectivity index (χ1v) is 10.8. The molecule has 0 fully saturated rings. The van der Waals surface area contributed by atoms with E-state index in [0.717, 1.165) is 42.3 Å². The highest BCUT2D eigenvalue weighted by molar-refractivity contribution is 7.10. The maximum absolute atomic E-state index is 12.8. The maximum Gasteiger partial charge on any atom is 0.237 e. The van der Waals surface area contributed by atoms with Crippen molar-refractivity contribution in [3.05, 3.63) is 50.7 Å². The summed E-state index contributed by atoms with van der Waals surface area (Å²) in [7, 11) is 1.68. The van der Waals surface area contributed by atoms with E-state index < -0.39 is 0 Å². The second-order valence-electron chi connectivity index (χ2n) is 6.90. The highest BCUT2D eigenvalue weighted by atomic mass is 35.5. The first-order valence-electron chi connectivity index (χ1n) is 9.54. The SMILES string of the molecule is COCCCNCC(=O)N1CCc2sccc2C1COc1ccc(Cl)c(C)c1. The van der Waals surface area contributed by atoms with Gasteiger partial charge in [0.15, 0.2) is 0 Å². The van der Waals surface area contributed by atoms with E-state index in [1.54, 1.807) is 18.4 Å². The number of carbonyl (C=O) groups excluding carboxylic acids is 1. The number of carbonyl (C=O) groups is 1. The molecule has 1 unspecified atom stereocenters. The van der Waals surface area contributed by atoms with Crippen LogP contribution in [-0.4, -0.2) is 50.8 Å². The van der Waals surface area contributed by atoms with E-state index >= 15 is 0 Å². The molecule has 1 aromatic heterocycles. The van der Waals surface area contributed by atoms with Crippen LogP contribution in [0.25, 0.3) is 0 Å². The number of ether oxygens (including phenoxy) is 2. The van der Waals surface area contributed by atoms with E-state index in [2.05, 4.69) is 16.8 Å². The number of hydrogen-bond acceptors (Lipinski definition) is 5. The van der Waals surface area contributed by atoms with Crippen LogP contribution in [0.4, 0.5) is 0 Å². The predicted molar refractivity (Wildman–Crippen MR) is 114 cm³/mol. The van der Waals surface area contributed by atoms with Gasteiger partial charge in [-0.2, -0.15) is 0 Å². The van der Waals surface area contributed by atoms with Gasteiger partial charge in [-0.05, 0) is 67.1 Å². The number of nitrogens with one attached hydrogen (secondary N) is 1. The Morgan fingerprint density at radius 3 is 3.04 bits per heavy atom. The minimum absolute atomic E-state index is 0.0701. The molecule has 0 saturated carbocycles. The quantitative estimate of drug-likeness (QED) is 0.624. The Bertz CT molecular complexity index is 796. The number of nitrogens with zero attached hydrogens (tertiary/aromatic N) is 1. The van der Waals surface area contributed by atoms with E-state index in [0.29, 0.717) is 19.8 Å². The summed E-state index contributed by atoms with van der Waals surface area (Å²) in [5.41, 5.74) is 2.18. The molecule has 0 saturated heterocycles. The molecule has 1 aliphatic heterocycles. The van der Waals surface area contributed by atoms with Gasteiger partial charge < -0.3 is 19.7 Å². The molecule has 1 atom stereocenters. The molecule has 1 amide bonds. The van der Waals surface area contributed by atoms with Crippen LogP contribution in [0.1, 0.15) is 28.5 Å². The Hall–Kier alpha value is -1.60. The number of fused-ring (bicyclic) bond motifs is 1. The van der Waals surface area contributed by atoms with Crippen molar-refractivity contribution in [2.45, 2.75) is 25.8 Å². The highest BCUT2D eigenvalue weighted by Crippen LogP contribution is 2.34. The number of thiophene rings is 1. The lowest BCUT2D eigenvalue weighted by Gasteiger charge is -2.36. The lowest BCUT2D eigenvalue weighted by molar-refractivity contribution is -0.133. The molecule has 2 heterocycles. The number of aryl methyl sites for hydroxylation is 1. The van der Waals surface area contributed by atoms with Gasteiger partial charge in [0.1, 0.15) is 12.4 Å². The zero-order valence-corrected chi connectivity index (χ0v) is 17.9. The molecule has 0 spiro atoms. The topological polar surface area (TPSA) is 50.8 Å². The van der Waals surface area contributed by atoms with Crippen molar-refractivity contribution < 1.29 is 14.3 Å². The first kappa shape index (κ1) is 21.1. The van der Waals surface area contributed by atoms with Crippen molar-refractivity contribution in [3.8, 4) is 5.75 Å². The van der Waals surface area contributed by atoms with Crippen molar-refractivity contribution in [1.29, 1.82) is 0 Å². The van der Waals surface area contributed by atoms with Crippen molar-refractivity contribution in [3.63, 3.8) is 0 Å². The lowest BCUT2D eigenvalue weighted by atomic mass is 10.0. The van der Waals surface area contributed by atoms with Crippen LogP contribution in [0.5, 0.6) is 5.75 Å². The van der Waals surface area contributed by atoms with E-state index in [-0.39, 0.29) is 11.9 Å². The molecule has 1 N–H and O–H groups in total. The number of benzene rings is 1. The van der Waals surface area contributed by atoms with Gasteiger partial charge in [0, 0.05) is 30.2 Å². The van der Waals surface area contributed by atoms with Crippen LogP contribution in [0.3, 0.4) is 0 Å². The number of amides is 1. The lowest BCUT2D eigenvalue weighted by Crippen LogP contribution is -2.45. The van der Waals surface area contributed by atoms with Gasteiger partial charge in [0.05, 0.1) is 12.6 Å². The smallest absolute Gasteiger partial charge is 0.237 e. The van der Waals surface area contributed by atoms with Crippen LogP contribution in [0.15, 0.2) is 29.6 Å². The third-order valence-corrected chi connectivity index (χ3v) is 6.35. The fourth-order valence-electron chi connectivity index (χ4n) is 3.40. The van der Waals surface area contributed by atoms with Crippen LogP contribution in [-0.2, 0) is 16.0 Å². The summed E-state index contributed by atoms with van der Waals surface area (Å²) in [4.78, 5) is 16.1. The summed E-state index contributed by atoms with van der Waals surface area (Å²) >= 11 is 7.86. The Morgan fingerprint density at radius 1 is 1.39 bits per heavy atom. The molecule has 2 aromatic rings. The molecule has 152 valence electrons. The van der Waals surface area contributed by atoms with E-state index in [1.807, 2.05) is 30.0 Å². The van der Waals surface area contributed by atoms with Gasteiger partial charge >= 0.3 is 0 Å². The minimum atomic E-state index is -0.0701. The molecule has 3 rings (SSSR count). The van der Waals surface area contributed by atoms with E-state index in [4.69, 9.17) is 21.1 Å². The predicted octanol–water partition coefficient (Wildman–Crippen LogP) is 3.84. The number of halogens is 1.